The second kappa shape index (κ2) is 11.9. The Hall–Kier alpha value is -0.120. The third kappa shape index (κ3) is 11.9. The molecule has 0 atom stereocenters. The second-order valence-electron chi connectivity index (χ2n) is 3.31. The number of unbranched alkanes of at least 4 members (excludes halogenated alkanes) is 2. The van der Waals surface area contributed by atoms with E-state index in [1.54, 1.807) is 0 Å². The highest BCUT2D eigenvalue weighted by molar-refractivity contribution is 4.51. The van der Waals surface area contributed by atoms with E-state index in [9.17, 15) is 0 Å². The first-order chi connectivity index (χ1) is 6.41. The Morgan fingerprint density at radius 3 is 2.08 bits per heavy atom. The zero-order chi connectivity index (χ0) is 9.78. The Bertz CT molecular complexity index is 76.2. The van der Waals surface area contributed by atoms with Crippen LogP contribution in [0.15, 0.2) is 0 Å². The Morgan fingerprint density at radius 2 is 1.46 bits per heavy atom. The van der Waals surface area contributed by atoms with Gasteiger partial charge in [-0.3, -0.25) is 0 Å². The maximum atomic E-state index is 5.38. The summed E-state index contributed by atoms with van der Waals surface area (Å²) in [5.41, 5.74) is 5.38. The number of rotatable bonds is 10. The maximum absolute atomic E-state index is 5.38. The Labute approximate surface area is 82.5 Å². The van der Waals surface area contributed by atoms with E-state index in [2.05, 4.69) is 17.6 Å². The van der Waals surface area contributed by atoms with Crippen molar-refractivity contribution in [2.45, 2.75) is 32.6 Å². The van der Waals surface area contributed by atoms with Crippen LogP contribution in [-0.4, -0.2) is 32.7 Å². The maximum Gasteiger partial charge on any atom is -0.00369 e. The van der Waals surface area contributed by atoms with E-state index < -0.39 is 0 Å². The van der Waals surface area contributed by atoms with Crippen molar-refractivity contribution in [2.24, 2.45) is 5.73 Å². The second-order valence-corrected chi connectivity index (χ2v) is 3.31. The standard InChI is InChI=1S/C10H25N3/c1-2-12-8-4-3-5-9-13-10-6-7-11/h12-13H,2-11H2,1H3. The third-order valence-electron chi connectivity index (χ3n) is 2.01. The molecule has 0 aliphatic heterocycles. The van der Waals surface area contributed by atoms with Crippen molar-refractivity contribution in [3.05, 3.63) is 0 Å². The number of hydrogen-bond acceptors (Lipinski definition) is 3. The van der Waals surface area contributed by atoms with Crippen LogP contribution < -0.4 is 16.4 Å². The molecule has 13 heavy (non-hydrogen) atoms. The summed E-state index contributed by atoms with van der Waals surface area (Å²) in [6, 6.07) is 0. The van der Waals surface area contributed by atoms with E-state index in [-0.39, 0.29) is 0 Å². The summed E-state index contributed by atoms with van der Waals surface area (Å²) >= 11 is 0. The van der Waals surface area contributed by atoms with Gasteiger partial charge < -0.3 is 16.4 Å². The van der Waals surface area contributed by atoms with E-state index >= 15 is 0 Å². The average molecular weight is 187 g/mol. The van der Waals surface area contributed by atoms with Crippen LogP contribution in [0, 0.1) is 0 Å². The molecule has 0 aromatic heterocycles. The van der Waals surface area contributed by atoms with E-state index in [0.29, 0.717) is 0 Å². The van der Waals surface area contributed by atoms with Crippen LogP contribution in [0.2, 0.25) is 0 Å². The molecule has 0 aromatic carbocycles. The van der Waals surface area contributed by atoms with Crippen molar-refractivity contribution in [3.63, 3.8) is 0 Å². The first-order valence-electron chi connectivity index (χ1n) is 5.53. The van der Waals surface area contributed by atoms with Crippen LogP contribution in [0.4, 0.5) is 0 Å². The molecular weight excluding hydrogens is 162 g/mol. The first-order valence-corrected chi connectivity index (χ1v) is 5.53. The van der Waals surface area contributed by atoms with Crippen LogP contribution >= 0.6 is 0 Å². The van der Waals surface area contributed by atoms with Crippen LogP contribution in [-0.2, 0) is 0 Å². The molecule has 0 aliphatic carbocycles. The summed E-state index contributed by atoms with van der Waals surface area (Å²) in [7, 11) is 0. The average Bonchev–Trinajstić information content (AvgIpc) is 2.16. The monoisotopic (exact) mass is 187 g/mol. The summed E-state index contributed by atoms with van der Waals surface area (Å²) in [6.07, 6.45) is 5.00. The Balaban J connectivity index is 2.76. The molecule has 0 radical (unpaired) electrons. The van der Waals surface area contributed by atoms with Gasteiger partial charge in [0.1, 0.15) is 0 Å². The van der Waals surface area contributed by atoms with Crippen molar-refractivity contribution in [1.82, 2.24) is 10.6 Å². The van der Waals surface area contributed by atoms with Gasteiger partial charge in [-0.1, -0.05) is 13.3 Å². The van der Waals surface area contributed by atoms with Gasteiger partial charge in [-0.25, -0.2) is 0 Å². The molecule has 0 aliphatic rings. The Kier molecular flexibility index (Phi) is 11.8. The molecule has 0 heterocycles. The predicted octanol–water partition coefficient (Wildman–Crippen LogP) is 0.705. The molecule has 80 valence electrons. The molecule has 4 N–H and O–H groups in total. The normalized spacial score (nSPS) is 10.6. The van der Waals surface area contributed by atoms with Crippen LogP contribution in [0.1, 0.15) is 32.6 Å². The summed E-state index contributed by atoms with van der Waals surface area (Å²) in [4.78, 5) is 0. The van der Waals surface area contributed by atoms with Gasteiger partial charge in [0.2, 0.25) is 0 Å². The minimum Gasteiger partial charge on any atom is -0.330 e. The minimum absolute atomic E-state index is 0.799. The summed E-state index contributed by atoms with van der Waals surface area (Å²) < 4.78 is 0. The van der Waals surface area contributed by atoms with Gasteiger partial charge in [0, 0.05) is 0 Å². The van der Waals surface area contributed by atoms with Gasteiger partial charge in [0.25, 0.3) is 0 Å². The van der Waals surface area contributed by atoms with Gasteiger partial charge in [0.05, 0.1) is 0 Å². The lowest BCUT2D eigenvalue weighted by molar-refractivity contribution is 0.573. The van der Waals surface area contributed by atoms with Crippen molar-refractivity contribution in [3.8, 4) is 0 Å². The SMILES string of the molecule is CCNCCCCCNCCCN. The van der Waals surface area contributed by atoms with Crippen LogP contribution in [0.3, 0.4) is 0 Å². The van der Waals surface area contributed by atoms with Crippen molar-refractivity contribution >= 4 is 0 Å². The molecule has 0 saturated heterocycles. The lowest BCUT2D eigenvalue weighted by Gasteiger charge is -2.03. The lowest BCUT2D eigenvalue weighted by atomic mass is 10.2. The van der Waals surface area contributed by atoms with Gasteiger partial charge in [-0.15, -0.1) is 0 Å². The van der Waals surface area contributed by atoms with E-state index in [0.717, 1.165) is 32.6 Å². The molecule has 0 bridgehead atoms. The zero-order valence-corrected chi connectivity index (χ0v) is 8.94. The van der Waals surface area contributed by atoms with E-state index in [4.69, 9.17) is 5.73 Å². The zero-order valence-electron chi connectivity index (χ0n) is 8.94. The molecule has 0 spiro atoms. The lowest BCUT2D eigenvalue weighted by Crippen LogP contribution is -2.19. The molecule has 0 amide bonds. The van der Waals surface area contributed by atoms with Crippen LogP contribution in [0.5, 0.6) is 0 Å². The Morgan fingerprint density at radius 1 is 0.846 bits per heavy atom. The molecule has 0 saturated carbocycles. The van der Waals surface area contributed by atoms with Gasteiger partial charge in [-0.2, -0.15) is 0 Å². The first kappa shape index (κ1) is 12.9. The molecule has 0 fully saturated rings. The van der Waals surface area contributed by atoms with E-state index in [1.807, 2.05) is 0 Å². The van der Waals surface area contributed by atoms with E-state index in [1.165, 1.54) is 25.8 Å². The highest BCUT2D eigenvalue weighted by Gasteiger charge is 1.89. The summed E-state index contributed by atoms with van der Waals surface area (Å²) in [5.74, 6) is 0. The fraction of sp³-hybridized carbons (Fsp3) is 1.00. The summed E-state index contributed by atoms with van der Waals surface area (Å²) in [5, 5.41) is 6.70. The fourth-order valence-electron chi connectivity index (χ4n) is 1.21. The number of hydrogen-bond donors (Lipinski definition) is 3. The van der Waals surface area contributed by atoms with Crippen molar-refractivity contribution in [2.75, 3.05) is 32.7 Å². The smallest absolute Gasteiger partial charge is 0.00369 e. The molecule has 3 nitrogen and oxygen atoms in total. The highest BCUT2D eigenvalue weighted by Crippen LogP contribution is 1.91. The number of nitrogens with one attached hydrogen (secondary N) is 2. The predicted molar refractivity (Wildman–Crippen MR) is 58.9 cm³/mol. The summed E-state index contributed by atoms with van der Waals surface area (Å²) in [6.45, 7) is 7.42. The molecule has 0 unspecified atom stereocenters. The molecule has 3 heteroatoms. The molecular formula is C10H25N3. The van der Waals surface area contributed by atoms with Gasteiger partial charge in [0.15, 0.2) is 0 Å². The van der Waals surface area contributed by atoms with Gasteiger partial charge >= 0.3 is 0 Å². The molecule has 0 aromatic rings. The van der Waals surface area contributed by atoms with Crippen molar-refractivity contribution in [1.29, 1.82) is 0 Å². The minimum atomic E-state index is 0.799. The van der Waals surface area contributed by atoms with Gasteiger partial charge in [-0.05, 0) is 52.0 Å². The third-order valence-corrected chi connectivity index (χ3v) is 2.01. The largest absolute Gasteiger partial charge is 0.330 e. The van der Waals surface area contributed by atoms with Crippen LogP contribution in [0.25, 0.3) is 0 Å². The number of nitrogens with two attached hydrogens (primary N) is 1. The molecule has 0 rings (SSSR count). The van der Waals surface area contributed by atoms with Crippen molar-refractivity contribution < 1.29 is 0 Å². The quantitative estimate of drug-likeness (QED) is 0.441. The highest BCUT2D eigenvalue weighted by atomic mass is 14.8. The topological polar surface area (TPSA) is 50.1 Å². The fourth-order valence-corrected chi connectivity index (χ4v) is 1.21.